The van der Waals surface area contributed by atoms with Crippen LogP contribution >= 0.6 is 35.8 Å². The van der Waals surface area contributed by atoms with Crippen molar-refractivity contribution in [2.24, 2.45) is 0 Å². The number of benzene rings is 1. The van der Waals surface area contributed by atoms with E-state index in [1.807, 2.05) is 18.3 Å². The first-order valence-corrected chi connectivity index (χ1v) is 7.89. The van der Waals surface area contributed by atoms with Gasteiger partial charge < -0.3 is 4.57 Å². The summed E-state index contributed by atoms with van der Waals surface area (Å²) < 4.78 is 2.10. The minimum Gasteiger partial charge on any atom is -0.326 e. The summed E-state index contributed by atoms with van der Waals surface area (Å²) in [5.41, 5.74) is 1.28. The Morgan fingerprint density at radius 3 is 2.71 bits per heavy atom. The van der Waals surface area contributed by atoms with Crippen molar-refractivity contribution >= 4 is 41.6 Å². The number of imidazole rings is 1. The molecule has 0 aliphatic carbocycles. The molecule has 0 amide bonds. The molecule has 0 radical (unpaired) electrons. The minimum atomic E-state index is 0. The van der Waals surface area contributed by atoms with Gasteiger partial charge in [0.1, 0.15) is 5.78 Å². The van der Waals surface area contributed by atoms with E-state index in [9.17, 15) is 4.79 Å². The van der Waals surface area contributed by atoms with Gasteiger partial charge in [-0.3, -0.25) is 4.79 Å². The highest BCUT2D eigenvalue weighted by molar-refractivity contribution is 7.99. The minimum absolute atomic E-state index is 0. The lowest BCUT2D eigenvalue weighted by molar-refractivity contribution is -0.114. The zero-order valence-corrected chi connectivity index (χ0v) is 14.2. The largest absolute Gasteiger partial charge is 0.326 e. The lowest BCUT2D eigenvalue weighted by atomic mass is 10.1. The van der Waals surface area contributed by atoms with Gasteiger partial charge in [-0.05, 0) is 37.5 Å². The SMILES string of the molecule is CC(=O)CSc1nccn1CCCc1ccc(Cl)cc1.Cl. The third-order valence-electron chi connectivity index (χ3n) is 2.86. The van der Waals surface area contributed by atoms with E-state index in [-0.39, 0.29) is 18.2 Å². The number of aryl methyl sites for hydroxylation is 2. The van der Waals surface area contributed by atoms with Crippen molar-refractivity contribution in [3.63, 3.8) is 0 Å². The molecule has 0 bridgehead atoms. The van der Waals surface area contributed by atoms with Crippen molar-refractivity contribution in [3.8, 4) is 0 Å². The van der Waals surface area contributed by atoms with E-state index in [0.717, 1.165) is 29.6 Å². The van der Waals surface area contributed by atoms with Gasteiger partial charge >= 0.3 is 0 Å². The summed E-state index contributed by atoms with van der Waals surface area (Å²) in [6, 6.07) is 7.95. The van der Waals surface area contributed by atoms with E-state index in [4.69, 9.17) is 11.6 Å². The monoisotopic (exact) mass is 344 g/mol. The maximum absolute atomic E-state index is 11.0. The highest BCUT2D eigenvalue weighted by Gasteiger charge is 2.05. The standard InChI is InChI=1S/C15H17ClN2OS.ClH/c1-12(19)11-20-15-17-8-10-18(15)9-2-3-13-4-6-14(16)7-5-13;/h4-8,10H,2-3,9,11H2,1H3;1H. The summed E-state index contributed by atoms with van der Waals surface area (Å²) >= 11 is 7.36. The molecule has 6 heteroatoms. The van der Waals surface area contributed by atoms with Gasteiger partial charge in [-0.2, -0.15) is 0 Å². The molecule has 0 atom stereocenters. The first-order valence-electron chi connectivity index (χ1n) is 6.53. The van der Waals surface area contributed by atoms with Gasteiger partial charge in [0.25, 0.3) is 0 Å². The van der Waals surface area contributed by atoms with Gasteiger partial charge in [0.15, 0.2) is 5.16 Å². The normalized spacial score (nSPS) is 10.2. The summed E-state index contributed by atoms with van der Waals surface area (Å²) in [6.07, 6.45) is 5.78. The molecule has 0 saturated heterocycles. The number of nitrogens with zero attached hydrogens (tertiary/aromatic N) is 2. The van der Waals surface area contributed by atoms with Gasteiger partial charge in [-0.25, -0.2) is 4.98 Å². The number of carbonyl (C=O) groups is 1. The Labute approximate surface area is 140 Å². The second-order valence-corrected chi connectivity index (χ2v) is 6.00. The zero-order valence-electron chi connectivity index (χ0n) is 11.8. The third-order valence-corrected chi connectivity index (χ3v) is 4.26. The Kier molecular flexibility index (Phi) is 7.86. The van der Waals surface area contributed by atoms with Crippen LogP contribution in [0, 0.1) is 0 Å². The van der Waals surface area contributed by atoms with Crippen molar-refractivity contribution < 1.29 is 4.79 Å². The molecule has 1 heterocycles. The van der Waals surface area contributed by atoms with Crippen molar-refractivity contribution in [1.29, 1.82) is 0 Å². The van der Waals surface area contributed by atoms with Crippen LogP contribution in [-0.2, 0) is 17.8 Å². The van der Waals surface area contributed by atoms with Gasteiger partial charge in [-0.1, -0.05) is 35.5 Å². The van der Waals surface area contributed by atoms with Crippen molar-refractivity contribution in [1.82, 2.24) is 9.55 Å². The molecule has 2 aromatic rings. The summed E-state index contributed by atoms with van der Waals surface area (Å²) in [5, 5.41) is 1.68. The molecular weight excluding hydrogens is 327 g/mol. The molecule has 2 rings (SSSR count). The lowest BCUT2D eigenvalue weighted by Gasteiger charge is -2.07. The number of ketones is 1. The first-order chi connectivity index (χ1) is 9.65. The van der Waals surface area contributed by atoms with Gasteiger partial charge in [-0.15, -0.1) is 12.4 Å². The Morgan fingerprint density at radius 2 is 2.05 bits per heavy atom. The summed E-state index contributed by atoms with van der Waals surface area (Å²) in [5.74, 6) is 0.652. The van der Waals surface area contributed by atoms with Crippen molar-refractivity contribution in [3.05, 3.63) is 47.2 Å². The molecule has 21 heavy (non-hydrogen) atoms. The zero-order chi connectivity index (χ0) is 14.4. The Hall–Kier alpha value is -0.970. The Morgan fingerprint density at radius 1 is 1.33 bits per heavy atom. The maximum atomic E-state index is 11.0. The van der Waals surface area contributed by atoms with Crippen LogP contribution in [0.25, 0.3) is 0 Å². The molecule has 0 saturated carbocycles. The van der Waals surface area contributed by atoms with Crippen LogP contribution in [0.2, 0.25) is 5.02 Å². The number of carbonyl (C=O) groups excluding carboxylic acids is 1. The number of aromatic nitrogens is 2. The van der Waals surface area contributed by atoms with Crippen LogP contribution in [0.5, 0.6) is 0 Å². The fourth-order valence-corrected chi connectivity index (χ4v) is 2.79. The molecule has 0 aliphatic rings. The van der Waals surface area contributed by atoms with Crippen LogP contribution in [0.15, 0.2) is 41.8 Å². The molecule has 1 aromatic heterocycles. The molecule has 0 N–H and O–H groups in total. The number of halogens is 2. The van der Waals surface area contributed by atoms with Crippen LogP contribution in [-0.4, -0.2) is 21.1 Å². The fourth-order valence-electron chi connectivity index (χ4n) is 1.88. The third kappa shape index (κ3) is 6.12. The number of hydrogen-bond acceptors (Lipinski definition) is 3. The van der Waals surface area contributed by atoms with Gasteiger partial charge in [0.2, 0.25) is 0 Å². The topological polar surface area (TPSA) is 34.9 Å². The molecule has 1 aromatic carbocycles. The fraction of sp³-hybridized carbons (Fsp3) is 0.333. The van der Waals surface area contributed by atoms with Crippen molar-refractivity contribution in [2.75, 3.05) is 5.75 Å². The molecule has 3 nitrogen and oxygen atoms in total. The molecule has 0 fully saturated rings. The maximum Gasteiger partial charge on any atom is 0.168 e. The van der Waals surface area contributed by atoms with Crippen LogP contribution in [0.4, 0.5) is 0 Å². The number of rotatable bonds is 7. The average Bonchev–Trinajstić information content (AvgIpc) is 2.86. The van der Waals surface area contributed by atoms with Gasteiger partial charge in [0.05, 0.1) is 5.75 Å². The Balaban J connectivity index is 0.00000220. The average molecular weight is 345 g/mol. The van der Waals surface area contributed by atoms with E-state index in [1.165, 1.54) is 17.3 Å². The predicted molar refractivity (Wildman–Crippen MR) is 90.7 cm³/mol. The summed E-state index contributed by atoms with van der Waals surface area (Å²) in [6.45, 7) is 2.50. The second kappa shape index (κ2) is 9.13. The molecule has 0 aliphatic heterocycles. The van der Waals surface area contributed by atoms with E-state index in [2.05, 4.69) is 21.7 Å². The quantitative estimate of drug-likeness (QED) is 0.703. The summed E-state index contributed by atoms with van der Waals surface area (Å²) in [7, 11) is 0. The van der Waals surface area contributed by atoms with Crippen LogP contribution < -0.4 is 0 Å². The number of thioether (sulfide) groups is 1. The highest BCUT2D eigenvalue weighted by Crippen LogP contribution is 2.17. The summed E-state index contributed by atoms with van der Waals surface area (Å²) in [4.78, 5) is 15.3. The Bertz CT molecular complexity index is 569. The second-order valence-electron chi connectivity index (χ2n) is 4.62. The van der Waals surface area contributed by atoms with E-state index < -0.39 is 0 Å². The lowest BCUT2D eigenvalue weighted by Crippen LogP contribution is -2.02. The predicted octanol–water partition coefficient (Wildman–Crippen LogP) is 4.27. The molecule has 0 unspecified atom stereocenters. The van der Waals surface area contributed by atoms with E-state index >= 15 is 0 Å². The van der Waals surface area contributed by atoms with Gasteiger partial charge in [0, 0.05) is 24.0 Å². The molecule has 114 valence electrons. The smallest absolute Gasteiger partial charge is 0.168 e. The van der Waals surface area contributed by atoms with E-state index in [1.54, 1.807) is 13.1 Å². The number of hydrogen-bond donors (Lipinski definition) is 0. The highest BCUT2D eigenvalue weighted by atomic mass is 35.5. The van der Waals surface area contributed by atoms with Crippen LogP contribution in [0.1, 0.15) is 18.9 Å². The van der Waals surface area contributed by atoms with Crippen LogP contribution in [0.3, 0.4) is 0 Å². The first kappa shape index (κ1) is 18.1. The molecular formula is C15H18Cl2N2OS. The molecule has 0 spiro atoms. The van der Waals surface area contributed by atoms with E-state index in [0.29, 0.717) is 5.75 Å². The number of Topliss-reactive ketones (excluding diaryl/α,β-unsaturated/α-hetero) is 1. The van der Waals surface area contributed by atoms with Crippen molar-refractivity contribution in [2.45, 2.75) is 31.5 Å².